The van der Waals surface area contributed by atoms with Gasteiger partial charge < -0.3 is 15.1 Å². The Morgan fingerprint density at radius 3 is 2.32 bits per heavy atom. The Morgan fingerprint density at radius 1 is 1.11 bits per heavy atom. The van der Waals surface area contributed by atoms with Gasteiger partial charge in [0.1, 0.15) is 0 Å². The first-order valence-electron chi connectivity index (χ1n) is 6.29. The smallest absolute Gasteiger partial charge is 0.245 e. The van der Waals surface area contributed by atoms with Crippen molar-refractivity contribution < 1.29 is 15.1 Å². The highest BCUT2D eigenvalue weighted by atomic mass is 16.7. The largest absolute Gasteiger partial charge is 0.494 e. The van der Waals surface area contributed by atoms with Crippen molar-refractivity contribution in [3.05, 3.63) is 36.4 Å². The van der Waals surface area contributed by atoms with Crippen LogP contribution in [0.3, 0.4) is 0 Å². The molecule has 5 heteroatoms. The van der Waals surface area contributed by atoms with Crippen LogP contribution in [0, 0.1) is 0 Å². The number of hydrogen-bond donors (Lipinski definition) is 2. The van der Waals surface area contributed by atoms with E-state index in [0.717, 1.165) is 0 Å². The second-order valence-corrected chi connectivity index (χ2v) is 4.07. The van der Waals surface area contributed by atoms with Crippen LogP contribution in [-0.4, -0.2) is 32.9 Å². The van der Waals surface area contributed by atoms with Crippen molar-refractivity contribution in [2.24, 2.45) is 0 Å². The van der Waals surface area contributed by atoms with E-state index in [9.17, 15) is 10.2 Å². The molecule has 2 aromatic rings. The molecule has 0 aliphatic rings. The average Bonchev–Trinajstić information content (AvgIpc) is 2.71. The summed E-state index contributed by atoms with van der Waals surface area (Å²) in [6.45, 7) is 5.28. The van der Waals surface area contributed by atoms with E-state index < -0.39 is 0 Å². The first-order valence-corrected chi connectivity index (χ1v) is 6.29. The number of nitrogens with zero attached hydrogens (tertiary/aromatic N) is 2. The molecule has 0 saturated heterocycles. The predicted molar refractivity (Wildman–Crippen MR) is 72.6 cm³/mol. The van der Waals surface area contributed by atoms with Crippen LogP contribution >= 0.6 is 0 Å². The number of aromatic hydroxyl groups is 2. The number of benzene rings is 1. The Kier molecular flexibility index (Phi) is 3.97. The first-order chi connectivity index (χ1) is 9.17. The van der Waals surface area contributed by atoms with Gasteiger partial charge in [-0.2, -0.15) is 0 Å². The van der Waals surface area contributed by atoms with E-state index in [1.165, 1.54) is 10.6 Å². The monoisotopic (exact) mass is 262 g/mol. The van der Waals surface area contributed by atoms with Crippen molar-refractivity contribution in [3.63, 3.8) is 0 Å². The van der Waals surface area contributed by atoms with E-state index >= 15 is 0 Å². The number of para-hydroxylation sites is 1. The summed E-state index contributed by atoms with van der Waals surface area (Å²) in [5, 5.41) is 21.8. The maximum atomic E-state index is 10.2. The summed E-state index contributed by atoms with van der Waals surface area (Å²) < 4.78 is 1.33. The molecule has 0 unspecified atom stereocenters. The lowest BCUT2D eigenvalue weighted by Gasteiger charge is -2.17. The molecule has 0 bridgehead atoms. The van der Waals surface area contributed by atoms with Gasteiger partial charge in [0.05, 0.1) is 5.69 Å². The quantitative estimate of drug-likeness (QED) is 0.813. The third-order valence-electron chi connectivity index (χ3n) is 2.87. The number of aromatic nitrogens is 1. The summed E-state index contributed by atoms with van der Waals surface area (Å²) >= 11 is 0. The topological polar surface area (TPSA) is 57.9 Å². The Labute approximate surface area is 112 Å². The zero-order valence-corrected chi connectivity index (χ0v) is 11.1. The molecule has 0 aliphatic heterocycles. The van der Waals surface area contributed by atoms with Crippen molar-refractivity contribution in [1.82, 2.24) is 9.63 Å². The molecule has 0 saturated carbocycles. The average molecular weight is 262 g/mol. The van der Waals surface area contributed by atoms with Crippen LogP contribution < -0.4 is 4.84 Å². The lowest BCUT2D eigenvalue weighted by atomic mass is 10.3. The van der Waals surface area contributed by atoms with Gasteiger partial charge in [-0.25, -0.2) is 4.57 Å². The van der Waals surface area contributed by atoms with Crippen LogP contribution in [0.1, 0.15) is 13.8 Å². The molecular weight excluding hydrogens is 244 g/mol. The Morgan fingerprint density at radius 2 is 1.74 bits per heavy atom. The molecule has 19 heavy (non-hydrogen) atoms. The predicted octanol–water partition coefficient (Wildman–Crippen LogP) is 2.52. The molecule has 2 N–H and O–H groups in total. The van der Waals surface area contributed by atoms with Crippen LogP contribution in [0.25, 0.3) is 5.69 Å². The summed E-state index contributed by atoms with van der Waals surface area (Å²) in [5.41, 5.74) is 0.673. The van der Waals surface area contributed by atoms with Gasteiger partial charge in [-0.15, -0.1) is 5.06 Å². The fourth-order valence-corrected chi connectivity index (χ4v) is 1.86. The molecule has 5 nitrogen and oxygen atoms in total. The molecule has 0 aliphatic carbocycles. The Balaban J connectivity index is 2.35. The van der Waals surface area contributed by atoms with Crippen molar-refractivity contribution in [2.45, 2.75) is 13.8 Å². The van der Waals surface area contributed by atoms with E-state index in [0.29, 0.717) is 18.8 Å². The van der Waals surface area contributed by atoms with Crippen LogP contribution in [0.5, 0.6) is 17.5 Å². The molecule has 1 aromatic heterocycles. The van der Waals surface area contributed by atoms with Gasteiger partial charge in [0.2, 0.25) is 17.5 Å². The summed E-state index contributed by atoms with van der Waals surface area (Å²) in [4.78, 5) is 5.53. The van der Waals surface area contributed by atoms with Crippen LogP contribution in [-0.2, 0) is 0 Å². The Hall–Kier alpha value is -2.14. The van der Waals surface area contributed by atoms with Crippen LogP contribution in [0.15, 0.2) is 36.4 Å². The fraction of sp³-hybridized carbons (Fsp3) is 0.286. The molecule has 0 spiro atoms. The van der Waals surface area contributed by atoms with E-state index in [1.807, 2.05) is 32.0 Å². The molecule has 0 amide bonds. The molecular formula is C14H18N2O3. The zero-order valence-electron chi connectivity index (χ0n) is 11.1. The summed E-state index contributed by atoms with van der Waals surface area (Å²) in [5.74, 6) is 0.0616. The minimum absolute atomic E-state index is 0.0640. The van der Waals surface area contributed by atoms with Gasteiger partial charge in [0, 0.05) is 19.2 Å². The number of hydroxylamine groups is 2. The van der Waals surface area contributed by atoms with Crippen molar-refractivity contribution in [3.8, 4) is 23.2 Å². The number of hydrogen-bond acceptors (Lipinski definition) is 4. The minimum Gasteiger partial charge on any atom is -0.494 e. The van der Waals surface area contributed by atoms with Gasteiger partial charge in [-0.3, -0.25) is 0 Å². The highest BCUT2D eigenvalue weighted by molar-refractivity contribution is 5.49. The summed E-state index contributed by atoms with van der Waals surface area (Å²) in [6, 6.07) is 10.5. The van der Waals surface area contributed by atoms with Crippen molar-refractivity contribution >= 4 is 0 Å². The fourth-order valence-electron chi connectivity index (χ4n) is 1.86. The van der Waals surface area contributed by atoms with Gasteiger partial charge in [0.15, 0.2) is 0 Å². The maximum Gasteiger partial charge on any atom is 0.245 e. The molecule has 0 radical (unpaired) electrons. The molecule has 102 valence electrons. The van der Waals surface area contributed by atoms with Crippen molar-refractivity contribution in [1.29, 1.82) is 0 Å². The lowest BCUT2D eigenvalue weighted by Crippen LogP contribution is -2.26. The molecule has 1 heterocycles. The highest BCUT2D eigenvalue weighted by Gasteiger charge is 2.18. The highest BCUT2D eigenvalue weighted by Crippen LogP contribution is 2.37. The van der Waals surface area contributed by atoms with Crippen LogP contribution in [0.2, 0.25) is 0 Å². The first kappa shape index (κ1) is 13.3. The van der Waals surface area contributed by atoms with Gasteiger partial charge in [0.25, 0.3) is 0 Å². The minimum atomic E-state index is -0.115. The zero-order chi connectivity index (χ0) is 13.8. The van der Waals surface area contributed by atoms with E-state index in [-0.39, 0.29) is 17.5 Å². The molecule has 2 rings (SSSR count). The SMILES string of the molecule is CCN(CC)Oc1cc(O)n(-c2ccccc2)c1O. The van der Waals surface area contributed by atoms with Gasteiger partial charge >= 0.3 is 0 Å². The third kappa shape index (κ3) is 2.66. The second kappa shape index (κ2) is 5.67. The lowest BCUT2D eigenvalue weighted by molar-refractivity contribution is -0.0506. The Bertz CT molecular complexity index is 533. The summed E-state index contributed by atoms with van der Waals surface area (Å²) in [7, 11) is 0. The van der Waals surface area contributed by atoms with Crippen LogP contribution in [0.4, 0.5) is 0 Å². The molecule has 0 atom stereocenters. The summed E-state index contributed by atoms with van der Waals surface area (Å²) in [6.07, 6.45) is 0. The number of rotatable bonds is 5. The molecule has 1 aromatic carbocycles. The van der Waals surface area contributed by atoms with Gasteiger partial charge in [-0.05, 0) is 26.0 Å². The van der Waals surface area contributed by atoms with Crippen molar-refractivity contribution in [2.75, 3.05) is 13.1 Å². The third-order valence-corrected chi connectivity index (χ3v) is 2.87. The van der Waals surface area contributed by atoms with E-state index in [2.05, 4.69) is 0 Å². The van der Waals surface area contributed by atoms with E-state index in [4.69, 9.17) is 4.84 Å². The normalized spacial score (nSPS) is 10.9. The maximum absolute atomic E-state index is 10.2. The second-order valence-electron chi connectivity index (χ2n) is 4.07. The van der Waals surface area contributed by atoms with E-state index in [1.54, 1.807) is 17.2 Å². The standard InChI is InChI=1S/C14H18N2O3/c1-3-15(4-2)19-12-10-13(17)16(14(12)18)11-8-6-5-7-9-11/h5-10,17-18H,3-4H2,1-2H3. The van der Waals surface area contributed by atoms with Gasteiger partial charge in [-0.1, -0.05) is 18.2 Å². The molecule has 0 fully saturated rings.